The van der Waals surface area contributed by atoms with E-state index in [2.05, 4.69) is 16.8 Å². The SMILES string of the molecule is CN1Cc2c(C#CCOCC3CC3)ncn2-c2cccc(Cl)c2C1=O. The number of benzene rings is 1. The standard InChI is InChI=1S/C19H18ClN3O2/c1-22-10-17-15(5-3-9-25-11-13-7-8-13)21-12-23(17)16-6-2-4-14(20)18(16)19(22)24/h2,4,6,12-13H,7-11H2,1H3. The van der Waals surface area contributed by atoms with Crippen molar-refractivity contribution in [2.24, 2.45) is 5.92 Å². The van der Waals surface area contributed by atoms with Gasteiger partial charge in [-0.05, 0) is 36.8 Å². The Morgan fingerprint density at radius 1 is 1.40 bits per heavy atom. The van der Waals surface area contributed by atoms with Crippen molar-refractivity contribution in [2.45, 2.75) is 19.4 Å². The Hall–Kier alpha value is -2.29. The largest absolute Gasteiger partial charge is 0.368 e. The lowest BCUT2D eigenvalue weighted by atomic mass is 10.1. The van der Waals surface area contributed by atoms with Crippen molar-refractivity contribution in [1.82, 2.24) is 14.5 Å². The molecular weight excluding hydrogens is 338 g/mol. The average molecular weight is 356 g/mol. The van der Waals surface area contributed by atoms with Gasteiger partial charge in [0, 0.05) is 7.05 Å². The van der Waals surface area contributed by atoms with E-state index in [9.17, 15) is 4.79 Å². The van der Waals surface area contributed by atoms with Crippen molar-refractivity contribution >= 4 is 17.5 Å². The third-order valence-electron chi connectivity index (χ3n) is 4.50. The molecule has 2 aromatic rings. The van der Waals surface area contributed by atoms with Crippen LogP contribution in [0.5, 0.6) is 0 Å². The minimum Gasteiger partial charge on any atom is -0.368 e. The van der Waals surface area contributed by atoms with E-state index >= 15 is 0 Å². The molecule has 2 aliphatic rings. The summed E-state index contributed by atoms with van der Waals surface area (Å²) in [6, 6.07) is 5.44. The number of amides is 1. The molecule has 0 saturated heterocycles. The van der Waals surface area contributed by atoms with Gasteiger partial charge in [-0.1, -0.05) is 23.6 Å². The zero-order chi connectivity index (χ0) is 17.4. The molecule has 1 fully saturated rings. The number of carbonyl (C=O) groups excluding carboxylic acids is 1. The number of rotatable bonds is 3. The third kappa shape index (κ3) is 3.15. The van der Waals surface area contributed by atoms with E-state index in [4.69, 9.17) is 16.3 Å². The first-order valence-corrected chi connectivity index (χ1v) is 8.70. The topological polar surface area (TPSA) is 47.4 Å². The molecule has 5 nitrogen and oxygen atoms in total. The number of imidazole rings is 1. The van der Waals surface area contributed by atoms with Crippen molar-refractivity contribution < 1.29 is 9.53 Å². The molecule has 25 heavy (non-hydrogen) atoms. The van der Waals surface area contributed by atoms with Gasteiger partial charge in [-0.15, -0.1) is 0 Å². The number of aromatic nitrogens is 2. The van der Waals surface area contributed by atoms with Gasteiger partial charge in [0.05, 0.1) is 35.1 Å². The summed E-state index contributed by atoms with van der Waals surface area (Å²) in [7, 11) is 1.76. The van der Waals surface area contributed by atoms with Gasteiger partial charge in [-0.25, -0.2) is 4.98 Å². The van der Waals surface area contributed by atoms with Gasteiger partial charge in [0.25, 0.3) is 5.91 Å². The molecule has 0 bridgehead atoms. The normalized spacial score (nSPS) is 15.9. The van der Waals surface area contributed by atoms with Crippen LogP contribution in [0.25, 0.3) is 5.69 Å². The van der Waals surface area contributed by atoms with Crippen LogP contribution in [0.4, 0.5) is 0 Å². The quantitative estimate of drug-likeness (QED) is 0.628. The lowest BCUT2D eigenvalue weighted by Gasteiger charge is -2.14. The third-order valence-corrected chi connectivity index (χ3v) is 4.81. The van der Waals surface area contributed by atoms with Crippen molar-refractivity contribution in [2.75, 3.05) is 20.3 Å². The van der Waals surface area contributed by atoms with Crippen LogP contribution in [0.2, 0.25) is 5.02 Å². The Morgan fingerprint density at radius 3 is 3.04 bits per heavy atom. The van der Waals surface area contributed by atoms with Crippen LogP contribution in [0.1, 0.15) is 34.6 Å². The summed E-state index contributed by atoms with van der Waals surface area (Å²) in [5.74, 6) is 6.73. The molecule has 4 rings (SSSR count). The molecule has 6 heteroatoms. The van der Waals surface area contributed by atoms with E-state index < -0.39 is 0 Å². The molecule has 0 atom stereocenters. The number of fused-ring (bicyclic) bond motifs is 3. The van der Waals surface area contributed by atoms with E-state index in [-0.39, 0.29) is 5.91 Å². The van der Waals surface area contributed by atoms with Crippen molar-refractivity contribution in [3.05, 3.63) is 46.5 Å². The van der Waals surface area contributed by atoms with Gasteiger partial charge in [0.15, 0.2) is 0 Å². The predicted molar refractivity (Wildman–Crippen MR) is 94.8 cm³/mol. The fraction of sp³-hybridized carbons (Fsp3) is 0.368. The highest BCUT2D eigenvalue weighted by Gasteiger charge is 2.27. The monoisotopic (exact) mass is 355 g/mol. The van der Waals surface area contributed by atoms with Crippen LogP contribution in [0.15, 0.2) is 24.5 Å². The Labute approximate surface area is 151 Å². The Kier molecular flexibility index (Phi) is 4.24. The lowest BCUT2D eigenvalue weighted by molar-refractivity contribution is 0.0788. The molecule has 1 aromatic heterocycles. The first-order chi connectivity index (χ1) is 12.1. The first kappa shape index (κ1) is 16.2. The maximum Gasteiger partial charge on any atom is 0.257 e. The first-order valence-electron chi connectivity index (χ1n) is 8.32. The number of halogens is 1. The summed E-state index contributed by atoms with van der Waals surface area (Å²) in [6.07, 6.45) is 4.24. The molecule has 1 aliphatic heterocycles. The lowest BCUT2D eigenvalue weighted by Crippen LogP contribution is -2.25. The maximum absolute atomic E-state index is 12.7. The number of hydrogen-bond acceptors (Lipinski definition) is 3. The van der Waals surface area contributed by atoms with Crippen LogP contribution in [0, 0.1) is 17.8 Å². The second-order valence-electron chi connectivity index (χ2n) is 6.47. The van der Waals surface area contributed by atoms with Crippen LogP contribution < -0.4 is 0 Å². The second kappa shape index (κ2) is 6.55. The molecule has 128 valence electrons. The molecule has 1 amide bonds. The van der Waals surface area contributed by atoms with Gasteiger partial charge < -0.3 is 9.64 Å². The molecule has 1 aromatic carbocycles. The van der Waals surface area contributed by atoms with Crippen molar-refractivity contribution in [3.8, 4) is 17.5 Å². The van der Waals surface area contributed by atoms with Crippen LogP contribution >= 0.6 is 11.6 Å². The molecule has 0 N–H and O–H groups in total. The molecule has 1 saturated carbocycles. The summed E-state index contributed by atoms with van der Waals surface area (Å²) in [5.41, 5.74) is 2.78. The zero-order valence-corrected chi connectivity index (χ0v) is 14.7. The highest BCUT2D eigenvalue weighted by molar-refractivity contribution is 6.34. The summed E-state index contributed by atoms with van der Waals surface area (Å²) in [4.78, 5) is 18.7. The highest BCUT2D eigenvalue weighted by atomic mass is 35.5. The predicted octanol–water partition coefficient (Wildman–Crippen LogP) is 2.89. The molecular formula is C19H18ClN3O2. The fourth-order valence-corrected chi connectivity index (χ4v) is 3.18. The minimum atomic E-state index is -0.101. The number of hydrogen-bond donors (Lipinski definition) is 0. The summed E-state index contributed by atoms with van der Waals surface area (Å²) >= 11 is 6.27. The number of nitrogens with zero attached hydrogens (tertiary/aromatic N) is 3. The van der Waals surface area contributed by atoms with Gasteiger partial charge in [0.1, 0.15) is 18.6 Å². The van der Waals surface area contributed by atoms with Gasteiger partial charge in [-0.2, -0.15) is 0 Å². The average Bonchev–Trinajstić information content (AvgIpc) is 3.35. The molecule has 1 aliphatic carbocycles. The smallest absolute Gasteiger partial charge is 0.257 e. The molecule has 0 unspecified atom stereocenters. The highest BCUT2D eigenvalue weighted by Crippen LogP contribution is 2.30. The van der Waals surface area contributed by atoms with E-state index in [1.807, 2.05) is 16.7 Å². The van der Waals surface area contributed by atoms with Crippen molar-refractivity contribution in [1.29, 1.82) is 0 Å². The van der Waals surface area contributed by atoms with E-state index in [0.717, 1.165) is 23.9 Å². The van der Waals surface area contributed by atoms with E-state index in [1.165, 1.54) is 12.8 Å². The van der Waals surface area contributed by atoms with Gasteiger partial charge in [0.2, 0.25) is 0 Å². The zero-order valence-electron chi connectivity index (χ0n) is 14.0. The van der Waals surface area contributed by atoms with Gasteiger partial charge >= 0.3 is 0 Å². The molecule has 0 radical (unpaired) electrons. The summed E-state index contributed by atoms with van der Waals surface area (Å²) in [5, 5.41) is 0.442. The van der Waals surface area contributed by atoms with Crippen molar-refractivity contribution in [3.63, 3.8) is 0 Å². The fourth-order valence-electron chi connectivity index (χ4n) is 2.93. The maximum atomic E-state index is 12.7. The number of ether oxygens (including phenoxy) is 1. The van der Waals surface area contributed by atoms with Gasteiger partial charge in [-0.3, -0.25) is 9.36 Å². The van der Waals surface area contributed by atoms with E-state index in [0.29, 0.717) is 29.4 Å². The Morgan fingerprint density at radius 2 is 2.24 bits per heavy atom. The van der Waals surface area contributed by atoms with Crippen LogP contribution in [0.3, 0.4) is 0 Å². The Bertz CT molecular complexity index is 890. The summed E-state index contributed by atoms with van der Waals surface area (Å²) in [6.45, 7) is 1.62. The van der Waals surface area contributed by atoms with E-state index in [1.54, 1.807) is 24.3 Å². The second-order valence-corrected chi connectivity index (χ2v) is 6.87. The van der Waals surface area contributed by atoms with Crippen LogP contribution in [-0.4, -0.2) is 40.6 Å². The van der Waals surface area contributed by atoms with Crippen LogP contribution in [-0.2, 0) is 11.3 Å². The molecule has 0 spiro atoms. The molecule has 2 heterocycles. The Balaban J connectivity index is 1.65. The minimum absolute atomic E-state index is 0.101. The summed E-state index contributed by atoms with van der Waals surface area (Å²) < 4.78 is 7.45. The number of carbonyl (C=O) groups is 1.